The van der Waals surface area contributed by atoms with Crippen molar-refractivity contribution in [2.75, 3.05) is 0 Å². The summed E-state index contributed by atoms with van der Waals surface area (Å²) in [5.74, 6) is 0.148. The van der Waals surface area contributed by atoms with E-state index in [0.29, 0.717) is 35.3 Å². The van der Waals surface area contributed by atoms with Gasteiger partial charge in [-0.1, -0.05) is 32.0 Å². The zero-order valence-electron chi connectivity index (χ0n) is 18.9. The minimum atomic E-state index is -3.76. The molecule has 0 spiro atoms. The maximum atomic E-state index is 12.8. The molecule has 168 valence electrons. The minimum Gasteiger partial charge on any atom is -0.455 e. The lowest BCUT2D eigenvalue weighted by molar-refractivity contribution is 0.0888. The van der Waals surface area contributed by atoms with Crippen molar-refractivity contribution >= 4 is 21.7 Å². The summed E-state index contributed by atoms with van der Waals surface area (Å²) in [5.41, 5.74) is 0.638. The maximum Gasteiger partial charge on any atom is 0.287 e. The Kier molecular flexibility index (Phi) is 5.92. The summed E-state index contributed by atoms with van der Waals surface area (Å²) in [6.07, 6.45) is 0.995. The van der Waals surface area contributed by atoms with Gasteiger partial charge in [0.05, 0.1) is 10.5 Å². The second-order valence-electron chi connectivity index (χ2n) is 9.94. The highest BCUT2D eigenvalue weighted by Crippen LogP contribution is 2.38. The van der Waals surface area contributed by atoms with Gasteiger partial charge in [0, 0.05) is 30.5 Å². The van der Waals surface area contributed by atoms with Crippen molar-refractivity contribution in [2.24, 2.45) is 5.41 Å². The lowest BCUT2D eigenvalue weighted by atomic mass is 9.76. The Morgan fingerprint density at radius 2 is 1.81 bits per heavy atom. The first-order valence-corrected chi connectivity index (χ1v) is 11.7. The SMILES string of the molecule is Cc1c(C(=O)NCc2ccccc2S(=O)(=O)NC(C)(C)C)oc2c1C(=O)CC(C)(C)C2. The number of Topliss-reactive ketones (excluding diaryl/α,β-unsaturated/α-hetero) is 1. The van der Waals surface area contributed by atoms with Gasteiger partial charge in [-0.3, -0.25) is 9.59 Å². The van der Waals surface area contributed by atoms with E-state index >= 15 is 0 Å². The third-order valence-electron chi connectivity index (χ3n) is 5.13. The number of rotatable bonds is 5. The van der Waals surface area contributed by atoms with Gasteiger partial charge in [0.15, 0.2) is 11.5 Å². The summed E-state index contributed by atoms with van der Waals surface area (Å²) in [6.45, 7) is 11.0. The van der Waals surface area contributed by atoms with Gasteiger partial charge in [-0.15, -0.1) is 0 Å². The van der Waals surface area contributed by atoms with Gasteiger partial charge in [-0.2, -0.15) is 0 Å². The molecule has 31 heavy (non-hydrogen) atoms. The number of benzene rings is 1. The molecule has 0 fully saturated rings. The standard InChI is InChI=1S/C23H30N2O5S/c1-14-19-16(26)11-23(5,6)12-17(19)30-20(14)21(27)24-13-15-9-7-8-10-18(15)31(28,29)25-22(2,3)4/h7-10,25H,11-13H2,1-6H3,(H,24,27). The molecule has 0 radical (unpaired) electrons. The van der Waals surface area contributed by atoms with E-state index in [2.05, 4.69) is 10.0 Å². The first kappa shape index (κ1) is 23.2. The molecule has 2 aromatic rings. The Hall–Kier alpha value is -2.45. The monoisotopic (exact) mass is 446 g/mol. The van der Waals surface area contributed by atoms with E-state index in [1.165, 1.54) is 6.07 Å². The van der Waals surface area contributed by atoms with E-state index in [9.17, 15) is 18.0 Å². The van der Waals surface area contributed by atoms with Crippen LogP contribution in [0.4, 0.5) is 0 Å². The molecule has 1 aliphatic rings. The van der Waals surface area contributed by atoms with Crippen molar-refractivity contribution in [2.45, 2.75) is 71.4 Å². The largest absolute Gasteiger partial charge is 0.455 e. The summed E-state index contributed by atoms with van der Waals surface area (Å²) in [4.78, 5) is 25.5. The molecule has 0 bridgehead atoms. The van der Waals surface area contributed by atoms with Crippen LogP contribution in [-0.4, -0.2) is 25.6 Å². The maximum absolute atomic E-state index is 12.8. The molecule has 0 saturated carbocycles. The number of hydrogen-bond acceptors (Lipinski definition) is 5. The Balaban J connectivity index is 1.83. The lowest BCUT2D eigenvalue weighted by Crippen LogP contribution is -2.41. The summed E-state index contributed by atoms with van der Waals surface area (Å²) < 4.78 is 34.0. The van der Waals surface area contributed by atoms with Crippen LogP contribution >= 0.6 is 0 Å². The normalized spacial score (nSPS) is 16.1. The van der Waals surface area contributed by atoms with Crippen molar-refractivity contribution in [3.8, 4) is 0 Å². The summed E-state index contributed by atoms with van der Waals surface area (Å²) in [7, 11) is -3.76. The van der Waals surface area contributed by atoms with Gasteiger partial charge in [0.1, 0.15) is 5.76 Å². The molecular formula is C23H30N2O5S. The molecular weight excluding hydrogens is 416 g/mol. The minimum absolute atomic E-state index is 0.00427. The summed E-state index contributed by atoms with van der Waals surface area (Å²) >= 11 is 0. The van der Waals surface area contributed by atoms with Crippen LogP contribution in [0, 0.1) is 12.3 Å². The Bertz CT molecular complexity index is 1140. The van der Waals surface area contributed by atoms with Crippen molar-refractivity contribution in [3.63, 3.8) is 0 Å². The molecule has 0 atom stereocenters. The van der Waals surface area contributed by atoms with Crippen LogP contribution < -0.4 is 10.0 Å². The van der Waals surface area contributed by atoms with Crippen molar-refractivity contribution < 1.29 is 22.4 Å². The number of ketones is 1. The Morgan fingerprint density at radius 1 is 1.16 bits per heavy atom. The van der Waals surface area contributed by atoms with Crippen LogP contribution in [0.15, 0.2) is 33.6 Å². The predicted molar refractivity (Wildman–Crippen MR) is 118 cm³/mol. The molecule has 0 aliphatic heterocycles. The van der Waals surface area contributed by atoms with Crippen LogP contribution in [0.5, 0.6) is 0 Å². The van der Waals surface area contributed by atoms with Gasteiger partial charge in [-0.05, 0) is 44.7 Å². The quantitative estimate of drug-likeness (QED) is 0.728. The van der Waals surface area contributed by atoms with Crippen LogP contribution in [0.25, 0.3) is 0 Å². The highest BCUT2D eigenvalue weighted by molar-refractivity contribution is 7.89. The fourth-order valence-corrected chi connectivity index (χ4v) is 5.58. The summed E-state index contributed by atoms with van der Waals surface area (Å²) in [6, 6.07) is 6.52. The zero-order valence-corrected chi connectivity index (χ0v) is 19.7. The molecule has 1 aliphatic carbocycles. The average molecular weight is 447 g/mol. The fourth-order valence-electron chi connectivity index (χ4n) is 3.93. The van der Waals surface area contributed by atoms with E-state index in [1.807, 2.05) is 13.8 Å². The number of amides is 1. The zero-order chi connectivity index (χ0) is 23.2. The average Bonchev–Trinajstić information content (AvgIpc) is 2.93. The predicted octanol–water partition coefficient (Wildman–Crippen LogP) is 3.75. The number of carbonyl (C=O) groups is 2. The molecule has 1 aromatic carbocycles. The fraction of sp³-hybridized carbons (Fsp3) is 0.478. The number of sulfonamides is 1. The van der Waals surface area contributed by atoms with Crippen molar-refractivity contribution in [1.29, 1.82) is 0 Å². The van der Waals surface area contributed by atoms with Crippen LogP contribution in [0.1, 0.15) is 78.8 Å². The third-order valence-corrected chi connectivity index (χ3v) is 6.98. The van der Waals surface area contributed by atoms with E-state index in [4.69, 9.17) is 4.42 Å². The van der Waals surface area contributed by atoms with Crippen molar-refractivity contribution in [3.05, 3.63) is 52.5 Å². The summed E-state index contributed by atoms with van der Waals surface area (Å²) in [5, 5.41) is 2.74. The smallest absolute Gasteiger partial charge is 0.287 e. The number of carbonyl (C=O) groups excluding carboxylic acids is 2. The highest BCUT2D eigenvalue weighted by Gasteiger charge is 2.37. The molecule has 1 amide bonds. The topological polar surface area (TPSA) is 105 Å². The molecule has 1 heterocycles. The van der Waals surface area contributed by atoms with E-state index in [0.717, 1.165) is 0 Å². The van der Waals surface area contributed by atoms with E-state index < -0.39 is 21.5 Å². The number of fused-ring (bicyclic) bond motifs is 1. The van der Waals surface area contributed by atoms with Gasteiger partial charge in [0.25, 0.3) is 5.91 Å². The second-order valence-corrected chi connectivity index (χ2v) is 11.6. The molecule has 2 N–H and O–H groups in total. The first-order valence-electron chi connectivity index (χ1n) is 10.3. The van der Waals surface area contributed by atoms with Gasteiger partial charge in [-0.25, -0.2) is 13.1 Å². The number of nitrogens with one attached hydrogen (secondary N) is 2. The van der Waals surface area contributed by atoms with Crippen molar-refractivity contribution in [1.82, 2.24) is 10.0 Å². The van der Waals surface area contributed by atoms with Crippen LogP contribution in [0.3, 0.4) is 0 Å². The van der Waals surface area contributed by atoms with Crippen LogP contribution in [0.2, 0.25) is 0 Å². The van der Waals surface area contributed by atoms with Gasteiger partial charge < -0.3 is 9.73 Å². The van der Waals surface area contributed by atoms with E-state index in [-0.39, 0.29) is 28.4 Å². The first-order chi connectivity index (χ1) is 14.2. The highest BCUT2D eigenvalue weighted by atomic mass is 32.2. The van der Waals surface area contributed by atoms with Crippen LogP contribution in [-0.2, 0) is 23.0 Å². The third kappa shape index (κ3) is 5.07. The second kappa shape index (κ2) is 7.91. The van der Waals surface area contributed by atoms with Gasteiger partial charge >= 0.3 is 0 Å². The molecule has 3 rings (SSSR count). The lowest BCUT2D eigenvalue weighted by Gasteiger charge is -2.27. The molecule has 7 nitrogen and oxygen atoms in total. The number of hydrogen-bond donors (Lipinski definition) is 2. The van der Waals surface area contributed by atoms with E-state index in [1.54, 1.807) is 45.9 Å². The Labute approximate surface area is 183 Å². The Morgan fingerprint density at radius 3 is 2.45 bits per heavy atom. The number of furan rings is 1. The molecule has 0 unspecified atom stereocenters. The van der Waals surface area contributed by atoms with Gasteiger partial charge in [0.2, 0.25) is 10.0 Å². The molecule has 0 saturated heterocycles. The molecule has 8 heteroatoms. The molecule has 1 aromatic heterocycles.